The predicted molar refractivity (Wildman–Crippen MR) is 69.7 cm³/mol. The average molecular weight is 241 g/mol. The van der Waals surface area contributed by atoms with Crippen molar-refractivity contribution in [3.8, 4) is 0 Å². The van der Waals surface area contributed by atoms with E-state index < -0.39 is 11.1 Å². The van der Waals surface area contributed by atoms with Crippen LogP contribution in [0.25, 0.3) is 0 Å². The van der Waals surface area contributed by atoms with E-state index in [0.717, 1.165) is 32.1 Å². The minimum Gasteiger partial charge on any atom is -0.388 e. The molecule has 1 amide bonds. The normalized spacial score (nSPS) is 20.4. The molecule has 0 aromatic heterocycles. The zero-order chi connectivity index (χ0) is 13.3. The van der Waals surface area contributed by atoms with E-state index in [2.05, 4.69) is 12.2 Å². The fourth-order valence-corrected chi connectivity index (χ4v) is 2.36. The Hall–Kier alpha value is -0.570. The van der Waals surface area contributed by atoms with Gasteiger partial charge in [0.05, 0.1) is 11.1 Å². The van der Waals surface area contributed by atoms with Crippen molar-refractivity contribution in [1.29, 1.82) is 0 Å². The summed E-state index contributed by atoms with van der Waals surface area (Å²) in [6, 6.07) is 0. The van der Waals surface area contributed by atoms with Crippen LogP contribution in [0.4, 0.5) is 0 Å². The molecule has 0 aromatic carbocycles. The smallest absolute Gasteiger partial charge is 0.226 e. The van der Waals surface area contributed by atoms with Gasteiger partial charge in [0.25, 0.3) is 0 Å². The lowest BCUT2D eigenvalue weighted by Gasteiger charge is -2.40. The Labute approximate surface area is 105 Å². The SMILES string of the molecule is CCC1(C(=O)NC(C)(C)C(C)(C)O)CCCC1. The second-order valence-corrected chi connectivity index (χ2v) is 6.48. The molecule has 0 saturated heterocycles. The summed E-state index contributed by atoms with van der Waals surface area (Å²) in [5, 5.41) is 13.1. The Kier molecular flexibility index (Phi) is 3.92. The Morgan fingerprint density at radius 2 is 1.71 bits per heavy atom. The molecule has 0 aromatic rings. The van der Waals surface area contributed by atoms with Gasteiger partial charge >= 0.3 is 0 Å². The molecule has 3 nitrogen and oxygen atoms in total. The monoisotopic (exact) mass is 241 g/mol. The highest BCUT2D eigenvalue weighted by Crippen LogP contribution is 2.41. The largest absolute Gasteiger partial charge is 0.388 e. The van der Waals surface area contributed by atoms with Crippen molar-refractivity contribution < 1.29 is 9.90 Å². The molecule has 1 aliphatic carbocycles. The number of amides is 1. The summed E-state index contributed by atoms with van der Waals surface area (Å²) in [5.74, 6) is 0.115. The van der Waals surface area contributed by atoms with Crippen LogP contribution >= 0.6 is 0 Å². The van der Waals surface area contributed by atoms with Crippen LogP contribution in [0.5, 0.6) is 0 Å². The maximum Gasteiger partial charge on any atom is 0.226 e. The van der Waals surface area contributed by atoms with Gasteiger partial charge in [-0.25, -0.2) is 0 Å². The molecule has 3 heteroatoms. The highest BCUT2D eigenvalue weighted by Gasteiger charge is 2.44. The van der Waals surface area contributed by atoms with Crippen LogP contribution in [0.2, 0.25) is 0 Å². The van der Waals surface area contributed by atoms with Crippen molar-refractivity contribution in [2.45, 2.75) is 77.9 Å². The van der Waals surface area contributed by atoms with Crippen LogP contribution in [0.15, 0.2) is 0 Å². The number of rotatable bonds is 4. The van der Waals surface area contributed by atoms with Crippen LogP contribution in [-0.4, -0.2) is 22.2 Å². The van der Waals surface area contributed by atoms with Crippen molar-refractivity contribution in [2.24, 2.45) is 5.41 Å². The van der Waals surface area contributed by atoms with Crippen molar-refractivity contribution in [3.05, 3.63) is 0 Å². The van der Waals surface area contributed by atoms with Gasteiger partial charge in [0.1, 0.15) is 0 Å². The molecule has 17 heavy (non-hydrogen) atoms. The van der Waals surface area contributed by atoms with Gasteiger partial charge in [0.15, 0.2) is 0 Å². The maximum atomic E-state index is 12.4. The molecule has 1 rings (SSSR count). The van der Waals surface area contributed by atoms with Gasteiger partial charge in [-0.1, -0.05) is 19.8 Å². The summed E-state index contributed by atoms with van der Waals surface area (Å²) >= 11 is 0. The predicted octanol–water partition coefficient (Wildman–Crippen LogP) is 2.62. The van der Waals surface area contributed by atoms with E-state index in [-0.39, 0.29) is 11.3 Å². The van der Waals surface area contributed by atoms with Crippen LogP contribution in [0.3, 0.4) is 0 Å². The molecular formula is C14H27NO2. The van der Waals surface area contributed by atoms with E-state index >= 15 is 0 Å². The third kappa shape index (κ3) is 2.82. The first-order chi connectivity index (χ1) is 7.65. The number of hydrogen-bond acceptors (Lipinski definition) is 2. The molecule has 1 aliphatic rings. The number of carbonyl (C=O) groups is 1. The number of aliphatic hydroxyl groups is 1. The summed E-state index contributed by atoms with van der Waals surface area (Å²) in [6.07, 6.45) is 5.14. The third-order valence-corrected chi connectivity index (χ3v) is 4.67. The first kappa shape index (κ1) is 14.5. The molecule has 1 fully saturated rings. The van der Waals surface area contributed by atoms with Crippen molar-refractivity contribution >= 4 is 5.91 Å². The van der Waals surface area contributed by atoms with Gasteiger partial charge in [-0.05, 0) is 47.0 Å². The van der Waals surface area contributed by atoms with Crippen molar-refractivity contribution in [3.63, 3.8) is 0 Å². The number of nitrogens with one attached hydrogen (secondary N) is 1. The topological polar surface area (TPSA) is 49.3 Å². The number of hydrogen-bond donors (Lipinski definition) is 2. The molecule has 0 radical (unpaired) electrons. The Balaban J connectivity index is 2.78. The first-order valence-electron chi connectivity index (χ1n) is 6.70. The molecule has 0 atom stereocenters. The lowest BCUT2D eigenvalue weighted by molar-refractivity contribution is -0.136. The molecule has 0 spiro atoms. The number of carbonyl (C=O) groups excluding carboxylic acids is 1. The molecule has 100 valence electrons. The van der Waals surface area contributed by atoms with E-state index in [4.69, 9.17) is 0 Å². The summed E-state index contributed by atoms with van der Waals surface area (Å²) in [5.41, 5.74) is -1.71. The van der Waals surface area contributed by atoms with Gasteiger partial charge < -0.3 is 10.4 Å². The van der Waals surface area contributed by atoms with E-state index in [9.17, 15) is 9.90 Å². The van der Waals surface area contributed by atoms with Crippen LogP contribution in [0, 0.1) is 5.41 Å². The fraction of sp³-hybridized carbons (Fsp3) is 0.929. The minimum atomic E-state index is -0.920. The molecule has 0 heterocycles. The third-order valence-electron chi connectivity index (χ3n) is 4.67. The second-order valence-electron chi connectivity index (χ2n) is 6.48. The lowest BCUT2D eigenvalue weighted by Crippen LogP contribution is -2.60. The summed E-state index contributed by atoms with van der Waals surface area (Å²) in [6.45, 7) is 9.31. The zero-order valence-corrected chi connectivity index (χ0v) is 11.9. The Morgan fingerprint density at radius 1 is 1.24 bits per heavy atom. The van der Waals surface area contributed by atoms with Gasteiger partial charge in [-0.2, -0.15) is 0 Å². The lowest BCUT2D eigenvalue weighted by atomic mass is 9.79. The summed E-state index contributed by atoms with van der Waals surface area (Å²) in [4.78, 5) is 12.4. The molecule has 2 N–H and O–H groups in total. The van der Waals surface area contributed by atoms with Crippen molar-refractivity contribution in [1.82, 2.24) is 5.32 Å². The van der Waals surface area contributed by atoms with Gasteiger partial charge in [0, 0.05) is 5.41 Å². The van der Waals surface area contributed by atoms with Crippen molar-refractivity contribution in [2.75, 3.05) is 0 Å². The average Bonchev–Trinajstić information content (AvgIpc) is 2.64. The van der Waals surface area contributed by atoms with Crippen LogP contribution in [-0.2, 0) is 4.79 Å². The highest BCUT2D eigenvalue weighted by atomic mass is 16.3. The molecule has 0 aliphatic heterocycles. The quantitative estimate of drug-likeness (QED) is 0.795. The molecule has 0 bridgehead atoms. The van der Waals surface area contributed by atoms with Crippen LogP contribution < -0.4 is 5.32 Å². The Bertz CT molecular complexity index is 283. The van der Waals surface area contributed by atoms with E-state index in [1.165, 1.54) is 0 Å². The maximum absolute atomic E-state index is 12.4. The van der Waals surface area contributed by atoms with E-state index in [1.54, 1.807) is 13.8 Å². The van der Waals surface area contributed by atoms with Crippen LogP contribution in [0.1, 0.15) is 66.7 Å². The van der Waals surface area contributed by atoms with Gasteiger partial charge in [0.2, 0.25) is 5.91 Å². The highest BCUT2D eigenvalue weighted by molar-refractivity contribution is 5.83. The summed E-state index contributed by atoms with van der Waals surface area (Å²) in [7, 11) is 0. The molecular weight excluding hydrogens is 214 g/mol. The van der Waals surface area contributed by atoms with E-state index in [1.807, 2.05) is 13.8 Å². The standard InChI is InChI=1S/C14H27NO2/c1-6-14(9-7-8-10-14)11(16)15-12(2,3)13(4,5)17/h17H,6-10H2,1-5H3,(H,15,16). The fourth-order valence-electron chi connectivity index (χ4n) is 2.36. The minimum absolute atomic E-state index is 0.115. The second kappa shape index (κ2) is 4.60. The zero-order valence-electron chi connectivity index (χ0n) is 11.9. The van der Waals surface area contributed by atoms with Gasteiger partial charge in [-0.15, -0.1) is 0 Å². The van der Waals surface area contributed by atoms with Gasteiger partial charge in [-0.3, -0.25) is 4.79 Å². The summed E-state index contributed by atoms with van der Waals surface area (Å²) < 4.78 is 0. The Morgan fingerprint density at radius 3 is 2.06 bits per heavy atom. The van der Waals surface area contributed by atoms with E-state index in [0.29, 0.717) is 0 Å². The molecule has 0 unspecified atom stereocenters. The first-order valence-corrected chi connectivity index (χ1v) is 6.70. The molecule has 1 saturated carbocycles.